The molecular formula is C60H92B2N2O6. The number of hydrogen-bond donors (Lipinski definition) is 2. The van der Waals surface area contributed by atoms with Crippen molar-refractivity contribution in [2.75, 3.05) is 39.4 Å². The van der Waals surface area contributed by atoms with Crippen LogP contribution in [0, 0.1) is 0 Å². The van der Waals surface area contributed by atoms with Crippen LogP contribution in [-0.4, -0.2) is 73.9 Å². The highest BCUT2D eigenvalue weighted by atomic mass is 16.7. The van der Waals surface area contributed by atoms with Crippen molar-refractivity contribution < 1.29 is 28.7 Å². The molecule has 0 saturated carbocycles. The SMILES string of the molecule is CCCCCCCCCCCCN1C(C)(c2ccccc2)COB(O)OCC1(C)c1ccccc1.CCCCCCCCCCCCN1CC(C)(c2ccccc2)OB(O)OC(C)(c2ccccc2)C1. The molecule has 0 aliphatic carbocycles. The normalized spacial score (nSPS) is 23.7. The molecule has 0 aromatic heterocycles. The van der Waals surface area contributed by atoms with Gasteiger partial charge in [0, 0.05) is 19.6 Å². The molecule has 2 aliphatic rings. The quantitative estimate of drug-likeness (QED) is 0.0476. The lowest BCUT2D eigenvalue weighted by molar-refractivity contribution is -0.0941. The molecule has 0 radical (unpaired) electrons. The minimum atomic E-state index is -1.30. The Kier molecular flexibility index (Phi) is 25.2. The van der Waals surface area contributed by atoms with Crippen LogP contribution in [0.2, 0.25) is 0 Å². The molecule has 70 heavy (non-hydrogen) atoms. The number of rotatable bonds is 26. The van der Waals surface area contributed by atoms with Crippen molar-refractivity contribution in [3.8, 4) is 0 Å². The summed E-state index contributed by atoms with van der Waals surface area (Å²) in [5, 5.41) is 21.2. The van der Waals surface area contributed by atoms with E-state index in [2.05, 4.69) is 136 Å². The highest BCUT2D eigenvalue weighted by molar-refractivity contribution is 6.35. The second-order valence-electron chi connectivity index (χ2n) is 21.2. The van der Waals surface area contributed by atoms with Crippen LogP contribution in [0.15, 0.2) is 121 Å². The van der Waals surface area contributed by atoms with E-state index in [1.54, 1.807) is 0 Å². The van der Waals surface area contributed by atoms with Gasteiger partial charge in [-0.05, 0) is 69.3 Å². The van der Waals surface area contributed by atoms with Crippen molar-refractivity contribution in [3.63, 3.8) is 0 Å². The van der Waals surface area contributed by atoms with Crippen LogP contribution in [0.1, 0.15) is 192 Å². The van der Waals surface area contributed by atoms with E-state index in [0.29, 0.717) is 26.3 Å². The summed E-state index contributed by atoms with van der Waals surface area (Å²) in [6.07, 6.45) is 26.5. The van der Waals surface area contributed by atoms with E-state index in [1.165, 1.54) is 127 Å². The Morgan fingerprint density at radius 2 is 0.700 bits per heavy atom. The standard InChI is InChI=1S/2C30H46BNO3/c1-4-5-6-7-8-9-10-11-12-19-24-32-29(2,27-20-15-13-16-21-27)25-34-31(33)35-26-30(32,3)28-22-17-14-18-23-28;1-4-5-6-7-8-9-10-11-12-19-24-32-25-29(2,27-20-15-13-16-21-27)34-31(33)35-30(3,26-32)28-22-17-14-18-23-28/h2*13-18,20-23,33H,4-12,19,24-26H2,1-3H3. The number of nitrogens with zero attached hydrogens (tertiary/aromatic N) is 2. The summed E-state index contributed by atoms with van der Waals surface area (Å²) in [7, 11) is -2.52. The van der Waals surface area contributed by atoms with Crippen LogP contribution in [0.4, 0.5) is 0 Å². The summed E-state index contributed by atoms with van der Waals surface area (Å²) in [5.74, 6) is 0. The van der Waals surface area contributed by atoms with E-state index >= 15 is 0 Å². The van der Waals surface area contributed by atoms with Crippen LogP contribution in [-0.2, 0) is 40.9 Å². The van der Waals surface area contributed by atoms with Gasteiger partial charge in [0.2, 0.25) is 0 Å². The summed E-state index contributed by atoms with van der Waals surface area (Å²) in [6, 6.07) is 41.6. The lowest BCUT2D eigenvalue weighted by Crippen LogP contribution is -2.61. The number of hydrogen-bond acceptors (Lipinski definition) is 8. The van der Waals surface area contributed by atoms with Crippen LogP contribution in [0.5, 0.6) is 0 Å². The van der Waals surface area contributed by atoms with Crippen molar-refractivity contribution in [2.45, 2.75) is 192 Å². The van der Waals surface area contributed by atoms with E-state index in [-0.39, 0.29) is 0 Å². The molecule has 4 atom stereocenters. The van der Waals surface area contributed by atoms with Gasteiger partial charge in [-0.15, -0.1) is 0 Å². The van der Waals surface area contributed by atoms with Gasteiger partial charge in [0.25, 0.3) is 0 Å². The Morgan fingerprint density at radius 3 is 1.04 bits per heavy atom. The summed E-state index contributed by atoms with van der Waals surface area (Å²) in [4.78, 5) is 5.04. The molecule has 2 fully saturated rings. The molecule has 2 saturated heterocycles. The largest absolute Gasteiger partial charge is 0.638 e. The summed E-state index contributed by atoms with van der Waals surface area (Å²) in [6.45, 7) is 17.2. The van der Waals surface area contributed by atoms with E-state index in [0.717, 1.165) is 37.1 Å². The van der Waals surface area contributed by atoms with Crippen molar-refractivity contribution in [2.24, 2.45) is 0 Å². The molecule has 8 nitrogen and oxygen atoms in total. The lowest BCUT2D eigenvalue weighted by Gasteiger charge is -2.53. The molecule has 4 aromatic carbocycles. The maximum Gasteiger partial charge on any atom is 0.638 e. The van der Waals surface area contributed by atoms with E-state index in [9.17, 15) is 10.0 Å². The fraction of sp³-hybridized carbons (Fsp3) is 0.600. The molecule has 6 rings (SSSR count). The molecule has 0 amide bonds. The zero-order valence-corrected chi connectivity index (χ0v) is 44.5. The number of benzene rings is 4. The second kappa shape index (κ2) is 30.7. The summed E-state index contributed by atoms with van der Waals surface area (Å²) >= 11 is 0. The Morgan fingerprint density at radius 1 is 0.400 bits per heavy atom. The van der Waals surface area contributed by atoms with Gasteiger partial charge in [0.05, 0.1) is 35.5 Å². The summed E-state index contributed by atoms with van der Waals surface area (Å²) in [5.41, 5.74) is 2.38. The molecule has 2 aliphatic heterocycles. The third-order valence-electron chi connectivity index (χ3n) is 15.1. The Labute approximate surface area is 426 Å². The summed E-state index contributed by atoms with van der Waals surface area (Å²) < 4.78 is 24.0. The van der Waals surface area contributed by atoms with Crippen LogP contribution in [0.3, 0.4) is 0 Å². The lowest BCUT2D eigenvalue weighted by atomic mass is 9.80. The molecule has 10 heteroatoms. The highest BCUT2D eigenvalue weighted by Crippen LogP contribution is 2.42. The van der Waals surface area contributed by atoms with Crippen molar-refractivity contribution in [3.05, 3.63) is 144 Å². The molecule has 2 heterocycles. The third kappa shape index (κ3) is 18.0. The van der Waals surface area contributed by atoms with Gasteiger partial charge in [0.1, 0.15) is 0 Å². The highest BCUT2D eigenvalue weighted by Gasteiger charge is 2.49. The fourth-order valence-corrected chi connectivity index (χ4v) is 10.9. The first-order valence-corrected chi connectivity index (χ1v) is 27.6. The van der Waals surface area contributed by atoms with Gasteiger partial charge in [-0.25, -0.2) is 0 Å². The van der Waals surface area contributed by atoms with Crippen LogP contribution in [0.25, 0.3) is 0 Å². The second-order valence-corrected chi connectivity index (χ2v) is 21.2. The minimum absolute atomic E-state index is 0.359. The Hall–Kier alpha value is -3.31. The maximum atomic E-state index is 10.8. The molecule has 2 N–H and O–H groups in total. The first-order chi connectivity index (χ1) is 34.0. The van der Waals surface area contributed by atoms with Crippen molar-refractivity contribution >= 4 is 14.6 Å². The molecule has 0 spiro atoms. The first-order valence-electron chi connectivity index (χ1n) is 27.6. The number of unbranched alkanes of at least 4 members (excludes halogenated alkanes) is 18. The van der Waals surface area contributed by atoms with Gasteiger partial charge in [-0.1, -0.05) is 251 Å². The van der Waals surface area contributed by atoms with Gasteiger partial charge < -0.3 is 28.7 Å². The van der Waals surface area contributed by atoms with Crippen LogP contribution >= 0.6 is 0 Å². The molecule has 4 aromatic rings. The van der Waals surface area contributed by atoms with Crippen molar-refractivity contribution in [1.29, 1.82) is 0 Å². The average molecular weight is 959 g/mol. The topological polar surface area (TPSA) is 83.9 Å². The van der Waals surface area contributed by atoms with Crippen LogP contribution < -0.4 is 0 Å². The van der Waals surface area contributed by atoms with E-state index in [1.807, 2.05) is 36.4 Å². The predicted molar refractivity (Wildman–Crippen MR) is 292 cm³/mol. The van der Waals surface area contributed by atoms with Gasteiger partial charge in [0.15, 0.2) is 0 Å². The predicted octanol–water partition coefficient (Wildman–Crippen LogP) is 14.1. The average Bonchev–Trinajstić information content (AvgIpc) is 3.37. The molecule has 384 valence electrons. The molecule has 0 bridgehead atoms. The fourth-order valence-electron chi connectivity index (χ4n) is 10.9. The van der Waals surface area contributed by atoms with E-state index < -0.39 is 36.9 Å². The third-order valence-corrected chi connectivity index (χ3v) is 15.1. The Balaban J connectivity index is 0.000000261. The minimum Gasteiger partial charge on any atom is -0.402 e. The van der Waals surface area contributed by atoms with E-state index in [4.69, 9.17) is 18.6 Å². The smallest absolute Gasteiger partial charge is 0.402 e. The maximum absolute atomic E-state index is 10.8. The molecule has 4 unspecified atom stereocenters. The van der Waals surface area contributed by atoms with Gasteiger partial charge in [-0.3, -0.25) is 9.80 Å². The van der Waals surface area contributed by atoms with Gasteiger partial charge >= 0.3 is 14.6 Å². The monoisotopic (exact) mass is 959 g/mol. The van der Waals surface area contributed by atoms with Crippen molar-refractivity contribution in [1.82, 2.24) is 9.80 Å². The first kappa shape index (κ1) is 57.6. The zero-order valence-electron chi connectivity index (χ0n) is 44.5. The molecular weight excluding hydrogens is 866 g/mol. The Bertz CT molecular complexity index is 1840. The zero-order chi connectivity index (χ0) is 50.0. The van der Waals surface area contributed by atoms with Gasteiger partial charge in [-0.2, -0.15) is 0 Å².